The molecule has 108 valence electrons. The maximum Gasteiger partial charge on any atom is -0.0166 e. The van der Waals surface area contributed by atoms with Crippen LogP contribution in [0.2, 0.25) is 0 Å². The van der Waals surface area contributed by atoms with Crippen LogP contribution in [0.5, 0.6) is 0 Å². The largest absolute Gasteiger partial charge is 0.103 e. The van der Waals surface area contributed by atoms with E-state index in [9.17, 15) is 0 Å². The molecule has 0 atom stereocenters. The molecular formula is C19H32. The Labute approximate surface area is 121 Å². The van der Waals surface area contributed by atoms with Crippen molar-refractivity contribution in [3.05, 3.63) is 49.1 Å². The number of hydrogen-bond donors (Lipinski definition) is 0. The van der Waals surface area contributed by atoms with Gasteiger partial charge in [0.05, 0.1) is 0 Å². The fourth-order valence-corrected chi connectivity index (χ4v) is 1.92. The van der Waals surface area contributed by atoms with Crippen molar-refractivity contribution in [1.82, 2.24) is 0 Å². The first kappa shape index (κ1) is 18.0. The third-order valence-corrected chi connectivity index (χ3v) is 3.10. The summed E-state index contributed by atoms with van der Waals surface area (Å²) < 4.78 is 0. The molecule has 0 aliphatic heterocycles. The molecule has 0 heterocycles. The van der Waals surface area contributed by atoms with E-state index in [0.717, 1.165) is 12.8 Å². The lowest BCUT2D eigenvalue weighted by molar-refractivity contribution is 0.592. The van der Waals surface area contributed by atoms with Crippen molar-refractivity contribution < 1.29 is 0 Å². The summed E-state index contributed by atoms with van der Waals surface area (Å²) in [6, 6.07) is 0. The Bertz CT molecular complexity index is 255. The predicted octanol–water partition coefficient (Wildman–Crippen LogP) is 6.76. The minimum atomic E-state index is 0.957. The molecule has 0 fully saturated rings. The highest BCUT2D eigenvalue weighted by molar-refractivity contribution is 5.06. The van der Waals surface area contributed by atoms with E-state index in [4.69, 9.17) is 0 Å². The second-order valence-electron chi connectivity index (χ2n) is 5.00. The molecule has 0 N–H and O–H groups in total. The molecule has 0 amide bonds. The zero-order chi connectivity index (χ0) is 14.0. The molecule has 0 spiro atoms. The van der Waals surface area contributed by atoms with Gasteiger partial charge in [-0.25, -0.2) is 0 Å². The molecule has 0 saturated carbocycles. The lowest BCUT2D eigenvalue weighted by Gasteiger charge is -1.98. The molecule has 0 aliphatic rings. The highest BCUT2D eigenvalue weighted by atomic mass is 13.9. The van der Waals surface area contributed by atoms with Gasteiger partial charge in [-0.1, -0.05) is 88.0 Å². The van der Waals surface area contributed by atoms with E-state index in [0.29, 0.717) is 0 Å². The first-order chi connectivity index (χ1) is 9.41. The van der Waals surface area contributed by atoms with Gasteiger partial charge in [-0.3, -0.25) is 0 Å². The summed E-state index contributed by atoms with van der Waals surface area (Å²) >= 11 is 0. The SMILES string of the molecule is C=CCC=CC=CCC=CCCCCCCCCC. The topological polar surface area (TPSA) is 0 Å². The van der Waals surface area contributed by atoms with Gasteiger partial charge < -0.3 is 0 Å². The fraction of sp³-hybridized carbons (Fsp3) is 0.579. The average molecular weight is 260 g/mol. The summed E-state index contributed by atoms with van der Waals surface area (Å²) in [6.07, 6.45) is 28.1. The van der Waals surface area contributed by atoms with Gasteiger partial charge in [0.25, 0.3) is 0 Å². The second kappa shape index (κ2) is 17.0. The molecule has 0 nitrogen and oxygen atoms in total. The van der Waals surface area contributed by atoms with Gasteiger partial charge in [-0.2, -0.15) is 0 Å². The third-order valence-electron chi connectivity index (χ3n) is 3.10. The predicted molar refractivity (Wildman–Crippen MR) is 89.5 cm³/mol. The smallest absolute Gasteiger partial charge is 0.0166 e. The highest BCUT2D eigenvalue weighted by Gasteiger charge is 1.88. The first-order valence-corrected chi connectivity index (χ1v) is 7.99. The van der Waals surface area contributed by atoms with Crippen LogP contribution >= 0.6 is 0 Å². The van der Waals surface area contributed by atoms with E-state index in [2.05, 4.69) is 50.0 Å². The van der Waals surface area contributed by atoms with Crippen LogP contribution in [0.1, 0.15) is 71.1 Å². The zero-order valence-corrected chi connectivity index (χ0v) is 12.8. The zero-order valence-electron chi connectivity index (χ0n) is 12.8. The van der Waals surface area contributed by atoms with E-state index in [1.807, 2.05) is 6.08 Å². The van der Waals surface area contributed by atoms with Crippen LogP contribution in [0.4, 0.5) is 0 Å². The van der Waals surface area contributed by atoms with Crippen LogP contribution < -0.4 is 0 Å². The molecule has 0 radical (unpaired) electrons. The molecule has 0 aromatic rings. The van der Waals surface area contributed by atoms with Gasteiger partial charge in [0.1, 0.15) is 0 Å². The molecule has 0 unspecified atom stereocenters. The maximum atomic E-state index is 3.68. The molecular weight excluding hydrogens is 228 g/mol. The van der Waals surface area contributed by atoms with Crippen molar-refractivity contribution in [3.63, 3.8) is 0 Å². The number of unbranched alkanes of at least 4 members (excludes halogenated alkanes) is 7. The standard InChI is InChI=1S/C19H32/c1-3-5-7-9-11-13-15-17-19-18-16-14-12-10-8-6-4-2/h3,7,9,11,13,17,19H,1,4-6,8,10,12,14-16,18H2,2H3. The van der Waals surface area contributed by atoms with Crippen LogP contribution in [0, 0.1) is 0 Å². The summed E-state index contributed by atoms with van der Waals surface area (Å²) in [5.74, 6) is 0. The van der Waals surface area contributed by atoms with Crippen LogP contribution in [0.15, 0.2) is 49.1 Å². The fourth-order valence-electron chi connectivity index (χ4n) is 1.92. The van der Waals surface area contributed by atoms with Crippen molar-refractivity contribution >= 4 is 0 Å². The number of hydrogen-bond acceptors (Lipinski definition) is 0. The maximum absolute atomic E-state index is 3.68. The second-order valence-corrected chi connectivity index (χ2v) is 5.00. The highest BCUT2D eigenvalue weighted by Crippen LogP contribution is 2.08. The Morgan fingerprint density at radius 2 is 1.32 bits per heavy atom. The van der Waals surface area contributed by atoms with E-state index >= 15 is 0 Å². The normalized spacial score (nSPS) is 12.1. The Balaban J connectivity index is 3.23. The van der Waals surface area contributed by atoms with Crippen LogP contribution in [0.3, 0.4) is 0 Å². The molecule has 0 aliphatic carbocycles. The van der Waals surface area contributed by atoms with Crippen molar-refractivity contribution in [2.24, 2.45) is 0 Å². The minimum Gasteiger partial charge on any atom is -0.103 e. The van der Waals surface area contributed by atoms with Crippen LogP contribution in [0.25, 0.3) is 0 Å². The quantitative estimate of drug-likeness (QED) is 0.195. The first-order valence-electron chi connectivity index (χ1n) is 7.99. The van der Waals surface area contributed by atoms with Gasteiger partial charge in [0.2, 0.25) is 0 Å². The number of rotatable bonds is 13. The van der Waals surface area contributed by atoms with E-state index in [-0.39, 0.29) is 0 Å². The summed E-state index contributed by atoms with van der Waals surface area (Å²) in [4.78, 5) is 0. The molecule has 0 aromatic carbocycles. The van der Waals surface area contributed by atoms with Gasteiger partial charge in [-0.05, 0) is 25.7 Å². The molecule has 19 heavy (non-hydrogen) atoms. The summed E-state index contributed by atoms with van der Waals surface area (Å²) in [5.41, 5.74) is 0. The lowest BCUT2D eigenvalue weighted by atomic mass is 10.1. The Morgan fingerprint density at radius 1 is 0.684 bits per heavy atom. The molecule has 0 saturated heterocycles. The monoisotopic (exact) mass is 260 g/mol. The average Bonchev–Trinajstić information content (AvgIpc) is 2.43. The van der Waals surface area contributed by atoms with Gasteiger partial charge in [-0.15, -0.1) is 6.58 Å². The van der Waals surface area contributed by atoms with Crippen LogP contribution in [-0.2, 0) is 0 Å². The molecule has 0 bridgehead atoms. The van der Waals surface area contributed by atoms with Gasteiger partial charge in [0, 0.05) is 0 Å². The minimum absolute atomic E-state index is 0.957. The van der Waals surface area contributed by atoms with Crippen molar-refractivity contribution in [2.75, 3.05) is 0 Å². The molecule has 0 rings (SSSR count). The Hall–Kier alpha value is -1.04. The van der Waals surface area contributed by atoms with E-state index in [1.54, 1.807) is 0 Å². The van der Waals surface area contributed by atoms with Gasteiger partial charge >= 0.3 is 0 Å². The number of allylic oxidation sites excluding steroid dienone is 7. The van der Waals surface area contributed by atoms with E-state index < -0.39 is 0 Å². The van der Waals surface area contributed by atoms with Crippen molar-refractivity contribution in [2.45, 2.75) is 71.1 Å². The van der Waals surface area contributed by atoms with E-state index in [1.165, 1.54) is 51.4 Å². The Morgan fingerprint density at radius 3 is 2.00 bits per heavy atom. The summed E-state index contributed by atoms with van der Waals surface area (Å²) in [7, 11) is 0. The van der Waals surface area contributed by atoms with Crippen molar-refractivity contribution in [3.8, 4) is 0 Å². The summed E-state index contributed by atoms with van der Waals surface area (Å²) in [5, 5.41) is 0. The molecule has 0 aromatic heterocycles. The van der Waals surface area contributed by atoms with Gasteiger partial charge in [0.15, 0.2) is 0 Å². The van der Waals surface area contributed by atoms with Crippen LogP contribution in [-0.4, -0.2) is 0 Å². The van der Waals surface area contributed by atoms with Crippen molar-refractivity contribution in [1.29, 1.82) is 0 Å². The third kappa shape index (κ3) is 17.0. The molecule has 0 heteroatoms. The Kier molecular flexibility index (Phi) is 16.0. The lowest BCUT2D eigenvalue weighted by Crippen LogP contribution is -1.78. The summed E-state index contributed by atoms with van der Waals surface area (Å²) in [6.45, 7) is 5.95.